The van der Waals surface area contributed by atoms with E-state index in [1.807, 2.05) is 102 Å². The molecule has 4 aromatic heterocycles. The first-order valence-electron chi connectivity index (χ1n) is 22.4. The van der Waals surface area contributed by atoms with Crippen molar-refractivity contribution in [2.75, 3.05) is 7.05 Å². The van der Waals surface area contributed by atoms with Crippen LogP contribution in [-0.4, -0.2) is 75.4 Å². The second-order valence-corrected chi connectivity index (χ2v) is 26.1. The van der Waals surface area contributed by atoms with Crippen LogP contribution in [0.1, 0.15) is 55.2 Å². The number of fused-ring (bicyclic) bond motifs is 2. The second kappa shape index (κ2) is 22.1. The Hall–Kier alpha value is -6.98. The van der Waals surface area contributed by atoms with E-state index in [1.165, 1.54) is 29.7 Å². The molecule has 0 spiro atoms. The van der Waals surface area contributed by atoms with Crippen LogP contribution >= 0.6 is 22.7 Å². The highest BCUT2D eigenvalue weighted by molar-refractivity contribution is 7.91. The van der Waals surface area contributed by atoms with Gasteiger partial charge in [-0.1, -0.05) is 133 Å². The van der Waals surface area contributed by atoms with E-state index in [0.717, 1.165) is 36.0 Å². The van der Waals surface area contributed by atoms with E-state index in [-0.39, 0.29) is 58.2 Å². The van der Waals surface area contributed by atoms with Gasteiger partial charge in [0.2, 0.25) is 23.6 Å². The molecule has 0 fully saturated rings. The first-order chi connectivity index (χ1) is 35.8. The first kappa shape index (κ1) is 52.9. The minimum atomic E-state index is -4.01. The molecule has 10 rings (SSSR count). The minimum Gasteiger partial charge on any atom is -0.422 e. The summed E-state index contributed by atoms with van der Waals surface area (Å²) in [5.74, 6) is -1.18. The van der Waals surface area contributed by atoms with Crippen molar-refractivity contribution in [3.8, 4) is 22.3 Å². The summed E-state index contributed by atoms with van der Waals surface area (Å²) in [5, 5.41) is 23.5. The normalized spacial score (nSPS) is 13.2. The molecule has 0 amide bonds. The average Bonchev–Trinajstić information content (AvgIpc) is 4.21. The number of sulfone groups is 2. The topological polar surface area (TPSA) is 307 Å². The van der Waals surface area contributed by atoms with Gasteiger partial charge in [-0.15, -0.1) is 43.1 Å². The van der Waals surface area contributed by atoms with Gasteiger partial charge >= 0.3 is 0 Å². The van der Waals surface area contributed by atoms with Crippen LogP contribution in [0.5, 0.6) is 0 Å². The Labute approximate surface area is 439 Å². The standard InChI is InChI=1S/C25H23N5O5S3.C24H21N5O5S3/c1-30(38(26,33)34)15-22-28-29-24(35-22)23(37(31,32)16-17-8-4-2-5-9-17)25-27-20-13-12-19(14-21(20)36-25)18-10-6-3-7-11-18;25-37(32,33)26-14-21-28-29-23(34-21)22(36(30,31)15-16-7-3-1-4-8-16)24-27-19-12-11-18(13-20(19)35-24)17-9-5-2-6-10-17/h2-14,23H,15-16H2,1H3,(H2,26,33,34);1-13,22,26H,14-15H2,(H2,25,32,33). The van der Waals surface area contributed by atoms with E-state index in [9.17, 15) is 33.7 Å². The second-order valence-electron chi connectivity index (χ2n) is 16.8. The number of aromatic nitrogens is 6. The molecule has 0 aliphatic rings. The van der Waals surface area contributed by atoms with Gasteiger partial charge in [0, 0.05) is 7.05 Å². The molecule has 2 unspecified atom stereocenters. The lowest BCUT2D eigenvalue weighted by Gasteiger charge is -2.12. The highest BCUT2D eigenvalue weighted by Crippen LogP contribution is 2.40. The molecule has 386 valence electrons. The summed E-state index contributed by atoms with van der Waals surface area (Å²) in [7, 11) is -14.6. The molecule has 0 aliphatic carbocycles. The van der Waals surface area contributed by atoms with Crippen LogP contribution in [0.2, 0.25) is 0 Å². The third kappa shape index (κ3) is 13.1. The first-order valence-corrected chi connectivity index (χ1v) is 30.5. The Bertz CT molecular complexity index is 4070. The van der Waals surface area contributed by atoms with Crippen LogP contribution in [0.15, 0.2) is 167 Å². The maximum atomic E-state index is 13.8. The number of hydrogen-bond donors (Lipinski definition) is 3. The zero-order valence-corrected chi connectivity index (χ0v) is 44.2. The SMILES string of the molecule is CN(Cc1nnc(C(c2nc3ccc(-c4ccccc4)cc3s2)S(=O)(=O)Cc2ccccc2)o1)S(N)(=O)=O.NS(=O)(=O)NCc1nnc(C(c2nc3ccc(-c4ccccc4)cc3s2)S(=O)(=O)Cc2ccccc2)o1. The number of thiazole rings is 2. The van der Waals surface area contributed by atoms with Gasteiger partial charge in [-0.05, 0) is 57.6 Å². The minimum absolute atomic E-state index is 0.0936. The van der Waals surface area contributed by atoms with Crippen LogP contribution in [0, 0.1) is 0 Å². The molecule has 26 heteroatoms. The van der Waals surface area contributed by atoms with Crippen LogP contribution in [0.4, 0.5) is 0 Å². The molecule has 20 nitrogen and oxygen atoms in total. The quantitative estimate of drug-likeness (QED) is 0.0776. The van der Waals surface area contributed by atoms with Gasteiger partial charge in [0.05, 0.1) is 45.0 Å². The molecule has 0 radical (unpaired) electrons. The molecular weight excluding hydrogens is 1080 g/mol. The van der Waals surface area contributed by atoms with Gasteiger partial charge in [-0.25, -0.2) is 37.1 Å². The Balaban J connectivity index is 0.000000184. The van der Waals surface area contributed by atoms with Gasteiger partial charge < -0.3 is 8.83 Å². The fourth-order valence-corrected chi connectivity index (χ4v) is 14.6. The molecule has 4 heterocycles. The maximum Gasteiger partial charge on any atom is 0.277 e. The Kier molecular flexibility index (Phi) is 15.6. The van der Waals surface area contributed by atoms with E-state index < -0.39 is 50.6 Å². The van der Waals surface area contributed by atoms with Crippen LogP contribution in [0.25, 0.3) is 42.7 Å². The molecule has 75 heavy (non-hydrogen) atoms. The lowest BCUT2D eigenvalue weighted by molar-refractivity contribution is 0.381. The van der Waals surface area contributed by atoms with Crippen molar-refractivity contribution in [3.63, 3.8) is 0 Å². The van der Waals surface area contributed by atoms with E-state index >= 15 is 0 Å². The van der Waals surface area contributed by atoms with E-state index in [1.54, 1.807) is 60.7 Å². The number of nitrogens with zero attached hydrogens (tertiary/aromatic N) is 7. The molecule has 0 aliphatic heterocycles. The molecule has 5 N–H and O–H groups in total. The summed E-state index contributed by atoms with van der Waals surface area (Å²) in [6.07, 6.45) is 0. The fourth-order valence-electron chi connectivity index (χ4n) is 7.66. The smallest absolute Gasteiger partial charge is 0.277 e. The van der Waals surface area contributed by atoms with Crippen LogP contribution in [0.3, 0.4) is 0 Å². The molecule has 2 atom stereocenters. The van der Waals surface area contributed by atoms with Crippen molar-refractivity contribution in [1.29, 1.82) is 0 Å². The highest BCUT2D eigenvalue weighted by Gasteiger charge is 2.39. The van der Waals surface area contributed by atoms with Crippen molar-refractivity contribution < 1.29 is 42.5 Å². The van der Waals surface area contributed by atoms with Crippen LogP contribution < -0.4 is 15.0 Å². The predicted octanol–water partition coefficient (Wildman–Crippen LogP) is 7.03. The fraction of sp³-hybridized carbons (Fsp3) is 0.143. The van der Waals surface area contributed by atoms with Crippen molar-refractivity contribution in [3.05, 3.63) is 202 Å². The molecule has 6 aromatic carbocycles. The van der Waals surface area contributed by atoms with Crippen molar-refractivity contribution in [1.82, 2.24) is 39.4 Å². The lowest BCUT2D eigenvalue weighted by Crippen LogP contribution is -2.32. The summed E-state index contributed by atoms with van der Waals surface area (Å²) in [6, 6.07) is 48.6. The zero-order valence-electron chi connectivity index (χ0n) is 39.3. The van der Waals surface area contributed by atoms with Crippen molar-refractivity contribution >= 4 is 83.2 Å². The lowest BCUT2D eigenvalue weighted by atomic mass is 10.1. The monoisotopic (exact) mass is 1120 g/mol. The number of nitrogens with one attached hydrogen (secondary N) is 1. The molecule has 0 saturated heterocycles. The van der Waals surface area contributed by atoms with Crippen molar-refractivity contribution in [2.45, 2.75) is 35.1 Å². The molecule has 0 saturated carbocycles. The van der Waals surface area contributed by atoms with E-state index in [2.05, 4.69) is 30.4 Å². The summed E-state index contributed by atoms with van der Waals surface area (Å²) in [5.41, 5.74) is 6.46. The number of benzene rings is 6. The van der Waals surface area contributed by atoms with Gasteiger partial charge in [0.25, 0.3) is 20.4 Å². The molecule has 0 bridgehead atoms. The Morgan fingerprint density at radius 2 is 0.920 bits per heavy atom. The third-order valence-electron chi connectivity index (χ3n) is 11.2. The van der Waals surface area contributed by atoms with Crippen LogP contribution in [-0.2, 0) is 64.7 Å². The summed E-state index contributed by atoms with van der Waals surface area (Å²) in [4.78, 5) is 9.23. The number of nitrogens with two attached hydrogens (primary N) is 2. The predicted molar refractivity (Wildman–Crippen MR) is 285 cm³/mol. The maximum absolute atomic E-state index is 13.8. The summed E-state index contributed by atoms with van der Waals surface area (Å²) in [6.45, 7) is -0.685. The third-order valence-corrected chi connectivity index (χ3v) is 19.0. The van der Waals surface area contributed by atoms with Gasteiger partial charge in [-0.3, -0.25) is 0 Å². The van der Waals surface area contributed by atoms with Gasteiger partial charge in [0.1, 0.15) is 10.0 Å². The summed E-state index contributed by atoms with van der Waals surface area (Å²) >= 11 is 2.45. The van der Waals surface area contributed by atoms with Crippen molar-refractivity contribution in [2.24, 2.45) is 10.3 Å². The van der Waals surface area contributed by atoms with E-state index in [0.29, 0.717) is 22.2 Å². The largest absolute Gasteiger partial charge is 0.422 e. The van der Waals surface area contributed by atoms with Gasteiger partial charge in [0.15, 0.2) is 30.2 Å². The zero-order chi connectivity index (χ0) is 53.0. The van der Waals surface area contributed by atoms with Gasteiger partial charge in [-0.2, -0.15) is 25.9 Å². The number of hydrogen-bond acceptors (Lipinski definition) is 18. The molecule has 10 aromatic rings. The average molecular weight is 1130 g/mol. The molecular formula is C49H44N10O10S6. The highest BCUT2D eigenvalue weighted by atomic mass is 32.2. The Morgan fingerprint density at radius 1 is 0.520 bits per heavy atom. The Morgan fingerprint density at radius 3 is 1.33 bits per heavy atom. The summed E-state index contributed by atoms with van der Waals surface area (Å²) < 4.78 is 116. The van der Waals surface area contributed by atoms with E-state index in [4.69, 9.17) is 19.1 Å². The number of rotatable bonds is 18.